The van der Waals surface area contributed by atoms with Gasteiger partial charge in [0.2, 0.25) is 0 Å². The Morgan fingerprint density at radius 1 is 1.00 bits per heavy atom. The first-order valence-corrected chi connectivity index (χ1v) is 12.8. The van der Waals surface area contributed by atoms with Gasteiger partial charge < -0.3 is 0 Å². The SMILES string of the molecule is [CH3][Zn][N]([Zn][CH3])c1ccccc1. The maximum atomic E-state index is 2.71. The average molecular weight is 252 g/mol. The number of hydrogen-bond acceptors (Lipinski definition) is 1. The van der Waals surface area contributed by atoms with Crippen LogP contribution in [0.25, 0.3) is 0 Å². The number of anilines is 1. The quantitative estimate of drug-likeness (QED) is 0.747. The van der Waals surface area contributed by atoms with Crippen LogP contribution in [0.3, 0.4) is 0 Å². The summed E-state index contributed by atoms with van der Waals surface area (Å²) in [6, 6.07) is 10.8. The van der Waals surface area contributed by atoms with E-state index >= 15 is 0 Å². The van der Waals surface area contributed by atoms with Gasteiger partial charge in [0.05, 0.1) is 0 Å². The standard InChI is InChI=1S/C6H5N.2CH3.2Zn/c7-6-4-2-1-3-5-6;;;;/h1-5H;2*1H3;;. The molecule has 0 heterocycles. The molecule has 1 nitrogen and oxygen atoms in total. The van der Waals surface area contributed by atoms with Crippen LogP contribution in [0.5, 0.6) is 0 Å². The van der Waals surface area contributed by atoms with Gasteiger partial charge in [-0.05, 0) is 0 Å². The molecule has 0 spiro atoms. The van der Waals surface area contributed by atoms with E-state index in [0.29, 0.717) is 0 Å². The van der Waals surface area contributed by atoms with E-state index in [1.807, 2.05) is 0 Å². The Hall–Kier alpha value is 0.267. The molecule has 0 aliphatic rings. The third-order valence-corrected chi connectivity index (χ3v) is 16.4. The topological polar surface area (TPSA) is 3.24 Å². The second-order valence-corrected chi connectivity index (χ2v) is 12.3. The summed E-state index contributed by atoms with van der Waals surface area (Å²) in [5, 5.41) is 0. The van der Waals surface area contributed by atoms with E-state index in [1.54, 1.807) is 0 Å². The molecule has 1 rings (SSSR count). The summed E-state index contributed by atoms with van der Waals surface area (Å²) in [5.74, 6) is 0. The zero-order valence-corrected chi connectivity index (χ0v) is 13.2. The van der Waals surface area contributed by atoms with E-state index in [4.69, 9.17) is 0 Å². The number of para-hydroxylation sites is 1. The Morgan fingerprint density at radius 3 is 2.00 bits per heavy atom. The molecular formula is C8H11NZn2. The normalized spacial score (nSPS) is 8.18. The van der Waals surface area contributed by atoms with Crippen molar-refractivity contribution in [3.05, 3.63) is 30.3 Å². The summed E-state index contributed by atoms with van der Waals surface area (Å²) in [6.45, 7) is 0. The van der Waals surface area contributed by atoms with Crippen molar-refractivity contribution < 1.29 is 34.7 Å². The third-order valence-electron chi connectivity index (χ3n) is 1.88. The van der Waals surface area contributed by atoms with Crippen molar-refractivity contribution in [3.63, 3.8) is 0 Å². The predicted molar refractivity (Wildman–Crippen MR) is 40.6 cm³/mol. The van der Waals surface area contributed by atoms with Crippen LogP contribution in [0.15, 0.2) is 30.3 Å². The number of rotatable bonds is 3. The molecule has 0 aromatic heterocycles. The summed E-state index contributed by atoms with van der Waals surface area (Å²) in [6.07, 6.45) is 0. The molecule has 11 heavy (non-hydrogen) atoms. The number of hydrogen-bond donors (Lipinski definition) is 0. The molecule has 52 valence electrons. The molecule has 0 fully saturated rings. The molecule has 0 radical (unpaired) electrons. The van der Waals surface area contributed by atoms with E-state index in [-0.39, 0.29) is 34.7 Å². The van der Waals surface area contributed by atoms with Crippen LogP contribution >= 0.6 is 0 Å². The van der Waals surface area contributed by atoms with Gasteiger partial charge in [0.15, 0.2) is 0 Å². The summed E-state index contributed by atoms with van der Waals surface area (Å²) >= 11 is -0.692. The molecular weight excluding hydrogens is 241 g/mol. The van der Waals surface area contributed by atoms with Crippen LogP contribution in [0, 0.1) is 0 Å². The Balaban J connectivity index is 2.74. The van der Waals surface area contributed by atoms with Gasteiger partial charge in [0.1, 0.15) is 0 Å². The van der Waals surface area contributed by atoms with Crippen LogP contribution in [0.4, 0.5) is 5.69 Å². The third kappa shape index (κ3) is 2.65. The number of nitrogens with zero attached hydrogens (tertiary/aromatic N) is 1. The van der Waals surface area contributed by atoms with Crippen molar-refractivity contribution in [2.45, 2.75) is 11.0 Å². The second kappa shape index (κ2) is 5.01. The van der Waals surface area contributed by atoms with Crippen LogP contribution < -0.4 is 2.39 Å². The summed E-state index contributed by atoms with van der Waals surface area (Å²) in [5.41, 5.74) is 6.31. The van der Waals surface area contributed by atoms with E-state index in [2.05, 4.69) is 43.8 Å². The van der Waals surface area contributed by atoms with Crippen molar-refractivity contribution in [3.8, 4) is 0 Å². The van der Waals surface area contributed by atoms with Crippen molar-refractivity contribution in [1.29, 1.82) is 0 Å². The molecule has 0 atom stereocenters. The van der Waals surface area contributed by atoms with Crippen LogP contribution in [-0.2, 0) is 34.7 Å². The molecule has 0 aliphatic heterocycles. The van der Waals surface area contributed by atoms with Gasteiger partial charge in [0.25, 0.3) is 0 Å². The van der Waals surface area contributed by atoms with Gasteiger partial charge in [0, 0.05) is 0 Å². The molecule has 1 aromatic rings. The zero-order chi connectivity index (χ0) is 8.10. The van der Waals surface area contributed by atoms with Gasteiger partial charge in [-0.2, -0.15) is 0 Å². The summed E-state index contributed by atoms with van der Waals surface area (Å²) in [7, 11) is 0. The molecule has 0 bridgehead atoms. The first-order valence-electron chi connectivity index (χ1n) is 4.18. The molecule has 0 saturated heterocycles. The fraction of sp³-hybridized carbons (Fsp3) is 0.250. The Bertz CT molecular complexity index is 197. The van der Waals surface area contributed by atoms with E-state index in [9.17, 15) is 0 Å². The minimum absolute atomic E-state index is 0.346. The molecule has 0 N–H and O–H groups in total. The summed E-state index contributed by atoms with van der Waals surface area (Å²) < 4.78 is 2.71. The van der Waals surface area contributed by atoms with Gasteiger partial charge in [-0.25, -0.2) is 0 Å². The molecule has 3 heteroatoms. The Kier molecular flexibility index (Phi) is 4.26. The first kappa shape index (κ1) is 9.36. The molecule has 0 saturated carbocycles. The molecule has 1 aromatic carbocycles. The summed E-state index contributed by atoms with van der Waals surface area (Å²) in [4.78, 5) is 0. The van der Waals surface area contributed by atoms with Gasteiger partial charge >= 0.3 is 84.2 Å². The predicted octanol–water partition coefficient (Wildman–Crippen LogP) is 2.58. The van der Waals surface area contributed by atoms with E-state index in [0.717, 1.165) is 0 Å². The maximum absolute atomic E-state index is 2.71. The average Bonchev–Trinajstić information content (AvgIpc) is 2.09. The van der Waals surface area contributed by atoms with E-state index in [1.165, 1.54) is 5.69 Å². The zero-order valence-electron chi connectivity index (χ0n) is 7.25. The Labute approximate surface area is 83.9 Å². The minimum atomic E-state index is -0.346. The fourth-order valence-corrected chi connectivity index (χ4v) is 9.46. The Morgan fingerprint density at radius 2 is 1.55 bits per heavy atom. The van der Waals surface area contributed by atoms with Crippen LogP contribution in [0.1, 0.15) is 0 Å². The molecule has 0 aliphatic carbocycles. The number of benzene rings is 1. The van der Waals surface area contributed by atoms with Gasteiger partial charge in [-0.1, -0.05) is 0 Å². The monoisotopic (exact) mass is 249 g/mol. The van der Waals surface area contributed by atoms with Crippen molar-refractivity contribution in [2.75, 3.05) is 2.39 Å². The van der Waals surface area contributed by atoms with Crippen molar-refractivity contribution in [2.24, 2.45) is 0 Å². The fourth-order valence-electron chi connectivity index (χ4n) is 1.23. The second-order valence-electron chi connectivity index (χ2n) is 2.51. The van der Waals surface area contributed by atoms with Gasteiger partial charge in [-0.3, -0.25) is 0 Å². The van der Waals surface area contributed by atoms with Crippen LogP contribution in [-0.4, -0.2) is 0 Å². The van der Waals surface area contributed by atoms with Gasteiger partial charge in [-0.15, -0.1) is 0 Å². The first-order chi connectivity index (χ1) is 5.38. The molecule has 0 amide bonds. The van der Waals surface area contributed by atoms with Crippen molar-refractivity contribution >= 4 is 5.69 Å². The molecule has 0 unspecified atom stereocenters. The van der Waals surface area contributed by atoms with Crippen LogP contribution in [0.2, 0.25) is 11.0 Å². The van der Waals surface area contributed by atoms with E-state index < -0.39 is 0 Å². The van der Waals surface area contributed by atoms with Crippen molar-refractivity contribution in [1.82, 2.24) is 0 Å².